The summed E-state index contributed by atoms with van der Waals surface area (Å²) < 4.78 is 4.61. The summed E-state index contributed by atoms with van der Waals surface area (Å²) >= 11 is 0. The monoisotopic (exact) mass is 250 g/mol. The fourth-order valence-corrected chi connectivity index (χ4v) is 1.42. The standard InChI is InChI=1S/C13H18N2O3/c1-4-18-12(17)11(16)15-9-13(2,3)10-7-5-6-8-14-10/h5-8H,4,9H2,1-3H3,(H,15,16). The van der Waals surface area contributed by atoms with Crippen LogP contribution in [0.25, 0.3) is 0 Å². The number of esters is 1. The van der Waals surface area contributed by atoms with Crippen LogP contribution in [0.1, 0.15) is 26.5 Å². The van der Waals surface area contributed by atoms with Gasteiger partial charge in [0.2, 0.25) is 0 Å². The summed E-state index contributed by atoms with van der Waals surface area (Å²) in [5.41, 5.74) is 0.512. The van der Waals surface area contributed by atoms with E-state index in [0.717, 1.165) is 5.69 Å². The minimum absolute atomic E-state index is 0.190. The number of carbonyl (C=O) groups is 2. The summed E-state index contributed by atoms with van der Waals surface area (Å²) in [5, 5.41) is 2.55. The van der Waals surface area contributed by atoms with E-state index in [-0.39, 0.29) is 12.0 Å². The number of rotatable bonds is 4. The molecule has 0 atom stereocenters. The second kappa shape index (κ2) is 6.14. The van der Waals surface area contributed by atoms with Crippen LogP contribution in [0, 0.1) is 0 Å². The molecular formula is C13H18N2O3. The van der Waals surface area contributed by atoms with Crippen LogP contribution in [0.2, 0.25) is 0 Å². The zero-order chi connectivity index (χ0) is 13.6. The third-order valence-electron chi connectivity index (χ3n) is 2.51. The first-order chi connectivity index (χ1) is 8.47. The number of nitrogens with zero attached hydrogens (tertiary/aromatic N) is 1. The number of hydrogen-bond donors (Lipinski definition) is 1. The highest BCUT2D eigenvalue weighted by atomic mass is 16.5. The lowest BCUT2D eigenvalue weighted by Crippen LogP contribution is -2.41. The molecule has 0 aliphatic heterocycles. The van der Waals surface area contributed by atoms with E-state index in [1.54, 1.807) is 13.1 Å². The van der Waals surface area contributed by atoms with Crippen LogP contribution in [0.5, 0.6) is 0 Å². The molecule has 0 bridgehead atoms. The molecular weight excluding hydrogens is 232 g/mol. The molecule has 1 heterocycles. The molecule has 1 N–H and O–H groups in total. The van der Waals surface area contributed by atoms with Gasteiger partial charge in [0.15, 0.2) is 0 Å². The molecule has 0 unspecified atom stereocenters. The van der Waals surface area contributed by atoms with E-state index in [1.807, 2.05) is 32.0 Å². The Kier molecular flexibility index (Phi) is 4.83. The Morgan fingerprint density at radius 3 is 2.67 bits per heavy atom. The van der Waals surface area contributed by atoms with E-state index in [2.05, 4.69) is 15.0 Å². The Balaban J connectivity index is 2.57. The number of pyridine rings is 1. The summed E-state index contributed by atoms with van der Waals surface area (Å²) in [7, 11) is 0. The smallest absolute Gasteiger partial charge is 0.396 e. The van der Waals surface area contributed by atoms with Crippen LogP contribution >= 0.6 is 0 Å². The molecule has 1 aromatic heterocycles. The Labute approximate surface area is 107 Å². The summed E-state index contributed by atoms with van der Waals surface area (Å²) in [6.07, 6.45) is 1.70. The van der Waals surface area contributed by atoms with Crippen molar-refractivity contribution in [3.05, 3.63) is 30.1 Å². The van der Waals surface area contributed by atoms with Crippen molar-refractivity contribution in [2.24, 2.45) is 0 Å². The van der Waals surface area contributed by atoms with Crippen molar-refractivity contribution in [2.75, 3.05) is 13.2 Å². The molecule has 0 fully saturated rings. The average molecular weight is 250 g/mol. The lowest BCUT2D eigenvalue weighted by Gasteiger charge is -2.23. The average Bonchev–Trinajstić information content (AvgIpc) is 2.37. The molecule has 98 valence electrons. The number of ether oxygens (including phenoxy) is 1. The predicted octanol–water partition coefficient (Wildman–Crippen LogP) is 1.04. The van der Waals surface area contributed by atoms with Crippen molar-refractivity contribution in [2.45, 2.75) is 26.2 Å². The quantitative estimate of drug-likeness (QED) is 0.640. The Morgan fingerprint density at radius 2 is 2.11 bits per heavy atom. The Hall–Kier alpha value is -1.91. The molecule has 0 radical (unpaired) electrons. The molecule has 1 rings (SSSR count). The van der Waals surface area contributed by atoms with Gasteiger partial charge in [-0.3, -0.25) is 9.78 Å². The summed E-state index contributed by atoms with van der Waals surface area (Å²) in [6, 6.07) is 5.60. The van der Waals surface area contributed by atoms with E-state index in [0.29, 0.717) is 6.54 Å². The second-order valence-corrected chi connectivity index (χ2v) is 4.50. The van der Waals surface area contributed by atoms with Gasteiger partial charge < -0.3 is 10.1 Å². The Bertz CT molecular complexity index is 416. The van der Waals surface area contributed by atoms with Gasteiger partial charge in [-0.2, -0.15) is 0 Å². The van der Waals surface area contributed by atoms with Gasteiger partial charge in [0.1, 0.15) is 0 Å². The molecule has 0 aliphatic carbocycles. The maximum Gasteiger partial charge on any atom is 0.396 e. The normalized spacial score (nSPS) is 10.8. The van der Waals surface area contributed by atoms with Crippen LogP contribution in [0.3, 0.4) is 0 Å². The van der Waals surface area contributed by atoms with E-state index in [1.165, 1.54) is 0 Å². The molecule has 0 aliphatic rings. The van der Waals surface area contributed by atoms with Crippen molar-refractivity contribution in [3.63, 3.8) is 0 Å². The second-order valence-electron chi connectivity index (χ2n) is 4.50. The van der Waals surface area contributed by atoms with Gasteiger partial charge in [-0.25, -0.2) is 4.79 Å². The van der Waals surface area contributed by atoms with Gasteiger partial charge in [-0.1, -0.05) is 19.9 Å². The maximum atomic E-state index is 11.4. The van der Waals surface area contributed by atoms with Gasteiger partial charge in [-0.15, -0.1) is 0 Å². The van der Waals surface area contributed by atoms with E-state index < -0.39 is 11.9 Å². The van der Waals surface area contributed by atoms with Gasteiger partial charge in [0, 0.05) is 23.9 Å². The minimum atomic E-state index is -0.852. The largest absolute Gasteiger partial charge is 0.459 e. The molecule has 0 spiro atoms. The van der Waals surface area contributed by atoms with Crippen LogP contribution < -0.4 is 5.32 Å². The van der Waals surface area contributed by atoms with Crippen molar-refractivity contribution in [3.8, 4) is 0 Å². The zero-order valence-electron chi connectivity index (χ0n) is 10.9. The Morgan fingerprint density at radius 1 is 1.39 bits per heavy atom. The molecule has 0 aromatic carbocycles. The zero-order valence-corrected chi connectivity index (χ0v) is 10.9. The van der Waals surface area contributed by atoms with Crippen molar-refractivity contribution < 1.29 is 14.3 Å². The van der Waals surface area contributed by atoms with E-state index in [9.17, 15) is 9.59 Å². The molecule has 18 heavy (non-hydrogen) atoms. The fourth-order valence-electron chi connectivity index (χ4n) is 1.42. The van der Waals surface area contributed by atoms with Gasteiger partial charge in [0.25, 0.3) is 0 Å². The lowest BCUT2D eigenvalue weighted by molar-refractivity contribution is -0.154. The molecule has 1 amide bonds. The first-order valence-electron chi connectivity index (χ1n) is 5.84. The molecule has 5 nitrogen and oxygen atoms in total. The van der Waals surface area contributed by atoms with Crippen LogP contribution in [0.4, 0.5) is 0 Å². The molecule has 5 heteroatoms. The number of nitrogens with one attached hydrogen (secondary N) is 1. The highest BCUT2D eigenvalue weighted by Crippen LogP contribution is 2.19. The topological polar surface area (TPSA) is 68.3 Å². The molecule has 0 saturated carbocycles. The van der Waals surface area contributed by atoms with Crippen LogP contribution in [-0.2, 0) is 19.7 Å². The van der Waals surface area contributed by atoms with Gasteiger partial charge >= 0.3 is 11.9 Å². The van der Waals surface area contributed by atoms with Crippen LogP contribution in [-0.4, -0.2) is 30.0 Å². The number of amides is 1. The fraction of sp³-hybridized carbons (Fsp3) is 0.462. The van der Waals surface area contributed by atoms with E-state index in [4.69, 9.17) is 0 Å². The SMILES string of the molecule is CCOC(=O)C(=O)NCC(C)(C)c1ccccn1. The summed E-state index contributed by atoms with van der Waals surface area (Å²) in [4.78, 5) is 26.8. The number of aromatic nitrogens is 1. The maximum absolute atomic E-state index is 11.4. The van der Waals surface area contributed by atoms with Gasteiger partial charge in [-0.05, 0) is 19.1 Å². The minimum Gasteiger partial charge on any atom is -0.459 e. The third-order valence-corrected chi connectivity index (χ3v) is 2.51. The predicted molar refractivity (Wildman–Crippen MR) is 66.9 cm³/mol. The molecule has 1 aromatic rings. The highest BCUT2D eigenvalue weighted by Gasteiger charge is 2.24. The first kappa shape index (κ1) is 14.2. The third kappa shape index (κ3) is 3.84. The van der Waals surface area contributed by atoms with Crippen molar-refractivity contribution >= 4 is 11.9 Å². The summed E-state index contributed by atoms with van der Waals surface area (Å²) in [5.74, 6) is -1.57. The number of carbonyl (C=O) groups excluding carboxylic acids is 2. The first-order valence-corrected chi connectivity index (χ1v) is 5.84. The number of hydrogen-bond acceptors (Lipinski definition) is 4. The van der Waals surface area contributed by atoms with Gasteiger partial charge in [0.05, 0.1) is 6.61 Å². The van der Waals surface area contributed by atoms with Crippen LogP contribution in [0.15, 0.2) is 24.4 Å². The highest BCUT2D eigenvalue weighted by molar-refractivity contribution is 6.32. The summed E-state index contributed by atoms with van der Waals surface area (Å²) in [6.45, 7) is 6.06. The molecule has 0 saturated heterocycles. The lowest BCUT2D eigenvalue weighted by atomic mass is 9.89. The van der Waals surface area contributed by atoms with Crippen molar-refractivity contribution in [1.82, 2.24) is 10.3 Å². The van der Waals surface area contributed by atoms with E-state index >= 15 is 0 Å². The van der Waals surface area contributed by atoms with Crippen molar-refractivity contribution in [1.29, 1.82) is 0 Å².